The number of carbonyl (C=O) groups excluding carboxylic acids is 4. The molecule has 52 heavy (non-hydrogen) atoms. The molecule has 1 aliphatic rings. The van der Waals surface area contributed by atoms with E-state index in [2.05, 4.69) is 0 Å². The van der Waals surface area contributed by atoms with Gasteiger partial charge >= 0.3 is 23.9 Å². The van der Waals surface area contributed by atoms with Crippen molar-refractivity contribution < 1.29 is 52.6 Å². The van der Waals surface area contributed by atoms with Gasteiger partial charge in [0, 0.05) is 0 Å². The molecule has 0 aliphatic carbocycles. The third-order valence-electron chi connectivity index (χ3n) is 7.97. The van der Waals surface area contributed by atoms with E-state index in [1.165, 1.54) is 36.4 Å². The minimum atomic E-state index is -1.57. The molecular formula is C41H34O11. The molecular weight excluding hydrogens is 668 g/mol. The van der Waals surface area contributed by atoms with Crippen LogP contribution in [0.1, 0.15) is 47.0 Å². The lowest BCUT2D eigenvalue weighted by Crippen LogP contribution is -2.63. The summed E-state index contributed by atoms with van der Waals surface area (Å²) < 4.78 is 29.9. The molecule has 11 nitrogen and oxygen atoms in total. The molecule has 1 fully saturated rings. The largest absolute Gasteiger partial charge is 0.459 e. The fourth-order valence-electron chi connectivity index (χ4n) is 5.35. The van der Waals surface area contributed by atoms with Crippen LogP contribution in [-0.4, -0.2) is 61.2 Å². The van der Waals surface area contributed by atoms with Crippen molar-refractivity contribution in [2.24, 2.45) is 0 Å². The van der Waals surface area contributed by atoms with E-state index in [0.29, 0.717) is 0 Å². The van der Waals surface area contributed by atoms with E-state index >= 15 is 0 Å². The van der Waals surface area contributed by atoms with Gasteiger partial charge in [-0.3, -0.25) is 0 Å². The molecule has 1 aliphatic heterocycles. The smallest absolute Gasteiger partial charge is 0.338 e. The van der Waals surface area contributed by atoms with Crippen LogP contribution in [0.3, 0.4) is 0 Å². The van der Waals surface area contributed by atoms with Gasteiger partial charge in [-0.2, -0.15) is 4.89 Å². The molecule has 0 spiro atoms. The predicted molar refractivity (Wildman–Crippen MR) is 185 cm³/mol. The number of benzene rings is 5. The first-order valence-corrected chi connectivity index (χ1v) is 16.4. The fourth-order valence-corrected chi connectivity index (χ4v) is 5.35. The highest BCUT2D eigenvalue weighted by Gasteiger charge is 2.54. The minimum absolute atomic E-state index is 0.0331. The summed E-state index contributed by atoms with van der Waals surface area (Å²) in [4.78, 5) is 65.2. The maximum absolute atomic E-state index is 13.7. The summed E-state index contributed by atoms with van der Waals surface area (Å²) in [6.45, 7) is -0.521. The van der Waals surface area contributed by atoms with Crippen molar-refractivity contribution in [3.05, 3.63) is 179 Å². The van der Waals surface area contributed by atoms with Gasteiger partial charge in [0.05, 0.1) is 22.3 Å². The molecule has 0 bridgehead atoms. The van der Waals surface area contributed by atoms with E-state index in [1.54, 1.807) is 84.9 Å². The maximum atomic E-state index is 13.7. The zero-order valence-corrected chi connectivity index (χ0v) is 27.7. The molecule has 5 aromatic rings. The monoisotopic (exact) mass is 702 g/mol. The Morgan fingerprint density at radius 1 is 0.462 bits per heavy atom. The molecule has 0 radical (unpaired) electrons. The Hall–Kier alpha value is -6.14. The van der Waals surface area contributed by atoms with Gasteiger partial charge in [0.15, 0.2) is 18.3 Å². The van der Waals surface area contributed by atoms with Gasteiger partial charge in [-0.25, -0.2) is 24.1 Å². The van der Waals surface area contributed by atoms with Crippen molar-refractivity contribution >= 4 is 23.9 Å². The minimum Gasteiger partial charge on any atom is -0.459 e. The van der Waals surface area contributed by atoms with Gasteiger partial charge in [0.2, 0.25) is 6.29 Å². The fraction of sp³-hybridized carbons (Fsp3) is 0.171. The molecule has 1 heterocycles. The van der Waals surface area contributed by atoms with Crippen molar-refractivity contribution in [1.29, 1.82) is 0 Å². The van der Waals surface area contributed by atoms with Crippen molar-refractivity contribution in [3.63, 3.8) is 0 Å². The molecule has 264 valence electrons. The second-order valence-corrected chi connectivity index (χ2v) is 11.6. The average Bonchev–Trinajstić information content (AvgIpc) is 3.20. The lowest BCUT2D eigenvalue weighted by Gasteiger charge is -2.43. The Balaban J connectivity index is 1.37. The molecule has 3 unspecified atom stereocenters. The SMILES string of the molecule is O=C(OCC1O[C@H](OOCc2ccccc2)C(OC(=O)c2ccccc2)C(OC(=O)c2ccccc2)[C@@H]1OC(=O)c1ccccc1)c1ccccc1. The van der Waals surface area contributed by atoms with Crippen LogP contribution >= 0.6 is 0 Å². The zero-order valence-electron chi connectivity index (χ0n) is 27.7. The predicted octanol–water partition coefficient (Wildman–Crippen LogP) is 6.39. The molecule has 11 heteroatoms. The summed E-state index contributed by atoms with van der Waals surface area (Å²) in [5.41, 5.74) is 1.54. The topological polar surface area (TPSA) is 133 Å². The molecule has 0 saturated carbocycles. The summed E-state index contributed by atoms with van der Waals surface area (Å²) in [7, 11) is 0. The maximum Gasteiger partial charge on any atom is 0.338 e. The van der Waals surface area contributed by atoms with Crippen LogP contribution in [0.4, 0.5) is 0 Å². The van der Waals surface area contributed by atoms with E-state index in [1.807, 2.05) is 30.3 Å². The second-order valence-electron chi connectivity index (χ2n) is 11.6. The van der Waals surface area contributed by atoms with Crippen LogP contribution in [0.2, 0.25) is 0 Å². The van der Waals surface area contributed by atoms with Gasteiger partial charge in [-0.15, -0.1) is 0 Å². The molecule has 6 rings (SSSR count). The second kappa shape index (κ2) is 17.7. The number of rotatable bonds is 13. The van der Waals surface area contributed by atoms with E-state index in [0.717, 1.165) is 5.56 Å². The van der Waals surface area contributed by atoms with Gasteiger partial charge in [0.25, 0.3) is 0 Å². The van der Waals surface area contributed by atoms with Gasteiger partial charge < -0.3 is 23.7 Å². The standard InChI is InChI=1S/C41H34O11/c42-37(29-18-8-2-9-19-29)46-27-33-34(49-38(43)30-20-10-3-11-21-30)35(50-39(44)31-22-12-4-13-23-31)36(51-40(45)32-24-14-5-15-25-32)41(48-33)52-47-26-28-16-6-1-7-17-28/h1-25,33-36,41H,26-27H2/t33?,34-,35?,36?,41-/m1/s1. The quantitative estimate of drug-likeness (QED) is 0.0585. The van der Waals surface area contributed by atoms with Gasteiger partial charge in [0.1, 0.15) is 19.3 Å². The average molecular weight is 703 g/mol. The molecule has 5 atom stereocenters. The van der Waals surface area contributed by atoms with Crippen LogP contribution in [0.15, 0.2) is 152 Å². The summed E-state index contributed by atoms with van der Waals surface area (Å²) in [5, 5.41) is 0. The van der Waals surface area contributed by atoms with E-state index in [-0.39, 0.29) is 28.9 Å². The Bertz CT molecular complexity index is 1910. The van der Waals surface area contributed by atoms with Crippen molar-refractivity contribution in [2.75, 3.05) is 6.61 Å². The van der Waals surface area contributed by atoms with E-state index in [9.17, 15) is 19.2 Å². The number of esters is 4. The molecule has 5 aromatic carbocycles. The normalized spacial score (nSPS) is 19.5. The van der Waals surface area contributed by atoms with Crippen molar-refractivity contribution in [2.45, 2.75) is 37.3 Å². The Labute approximate surface area is 299 Å². The van der Waals surface area contributed by atoms with Crippen LogP contribution in [-0.2, 0) is 40.1 Å². The van der Waals surface area contributed by atoms with Crippen LogP contribution in [0.25, 0.3) is 0 Å². The molecule has 0 N–H and O–H groups in total. The molecule has 0 aromatic heterocycles. The van der Waals surface area contributed by atoms with Crippen molar-refractivity contribution in [3.8, 4) is 0 Å². The first-order chi connectivity index (χ1) is 25.5. The summed E-state index contributed by atoms with van der Waals surface area (Å²) >= 11 is 0. The number of carbonyl (C=O) groups is 4. The first kappa shape index (κ1) is 35.7. The highest BCUT2D eigenvalue weighted by atomic mass is 17.2. The van der Waals surface area contributed by atoms with Crippen LogP contribution in [0.5, 0.6) is 0 Å². The highest BCUT2D eigenvalue weighted by Crippen LogP contribution is 2.32. The number of hydrogen-bond acceptors (Lipinski definition) is 11. The first-order valence-electron chi connectivity index (χ1n) is 16.4. The molecule has 0 amide bonds. The Kier molecular flexibility index (Phi) is 12.1. The Morgan fingerprint density at radius 2 is 0.846 bits per heavy atom. The van der Waals surface area contributed by atoms with Gasteiger partial charge in [-0.05, 0) is 54.1 Å². The Morgan fingerprint density at radius 3 is 1.31 bits per heavy atom. The lowest BCUT2D eigenvalue weighted by atomic mass is 9.97. The van der Waals surface area contributed by atoms with E-state index in [4.69, 9.17) is 33.5 Å². The van der Waals surface area contributed by atoms with Gasteiger partial charge in [-0.1, -0.05) is 103 Å². The van der Waals surface area contributed by atoms with E-state index < -0.39 is 61.2 Å². The lowest BCUT2D eigenvalue weighted by molar-refractivity contribution is -0.428. The zero-order chi connectivity index (χ0) is 36.1. The van der Waals surface area contributed by atoms with Crippen LogP contribution < -0.4 is 0 Å². The summed E-state index contributed by atoms with van der Waals surface area (Å²) in [6, 6.07) is 41.7. The number of ether oxygens (including phenoxy) is 5. The third-order valence-corrected chi connectivity index (χ3v) is 7.97. The summed E-state index contributed by atoms with van der Waals surface area (Å²) in [6.07, 6.45) is -7.51. The highest BCUT2D eigenvalue weighted by molar-refractivity contribution is 5.91. The molecule has 1 saturated heterocycles. The summed E-state index contributed by atoms with van der Waals surface area (Å²) in [5.74, 6) is -3.13. The van der Waals surface area contributed by atoms with Crippen molar-refractivity contribution in [1.82, 2.24) is 0 Å². The third kappa shape index (κ3) is 9.34. The van der Waals surface area contributed by atoms with Crippen LogP contribution in [0, 0.1) is 0 Å². The number of hydrogen-bond donors (Lipinski definition) is 0.